The second-order valence-corrected chi connectivity index (χ2v) is 2.61. The van der Waals surface area contributed by atoms with E-state index in [4.69, 9.17) is 4.74 Å². The zero-order chi connectivity index (χ0) is 6.78. The van der Waals surface area contributed by atoms with Gasteiger partial charge in [-0.25, -0.2) is 0 Å². The second-order valence-electron chi connectivity index (χ2n) is 2.61. The van der Waals surface area contributed by atoms with Crippen LogP contribution < -0.4 is 0 Å². The van der Waals surface area contributed by atoms with Crippen LogP contribution in [0.5, 0.6) is 0 Å². The van der Waals surface area contributed by atoms with E-state index >= 15 is 0 Å². The Morgan fingerprint density at radius 2 is 1.75 bits per heavy atom. The Balaban J connectivity index is 3.82. The van der Waals surface area contributed by atoms with Crippen molar-refractivity contribution in [2.24, 2.45) is 0 Å². The number of rotatable bonds is 2. The molecule has 0 aromatic rings. The van der Waals surface area contributed by atoms with Crippen molar-refractivity contribution < 1.29 is 9.22 Å². The lowest BCUT2D eigenvalue weighted by molar-refractivity contribution is -0.847. The first-order chi connectivity index (χ1) is 3.48. The van der Waals surface area contributed by atoms with E-state index in [0.717, 1.165) is 5.88 Å². The van der Waals surface area contributed by atoms with Crippen LogP contribution >= 0.6 is 0 Å². The lowest BCUT2D eigenvalue weighted by atomic mass is 10.6. The Bertz CT molecular complexity index is 91.2. The second kappa shape index (κ2) is 2.18. The molecule has 0 aliphatic rings. The molecule has 0 aromatic heterocycles. The summed E-state index contributed by atoms with van der Waals surface area (Å²) in [5.74, 6) is 0.769. The molecule has 0 rings (SSSR count). The largest absolute Gasteiger partial charge is 0.456 e. The number of ether oxygens (including phenoxy) is 1. The number of nitrogens with zero attached hydrogens (tertiary/aromatic N) is 1. The molecule has 0 aliphatic heterocycles. The molecule has 0 heterocycles. The van der Waals surface area contributed by atoms with Gasteiger partial charge in [0.15, 0.2) is 0 Å². The van der Waals surface area contributed by atoms with Crippen LogP contribution in [0, 0.1) is 0 Å². The summed E-state index contributed by atoms with van der Waals surface area (Å²) in [6.07, 6.45) is 0. The van der Waals surface area contributed by atoms with Crippen molar-refractivity contribution in [2.45, 2.75) is 0 Å². The van der Waals surface area contributed by atoms with Crippen LogP contribution in [0.3, 0.4) is 0 Å². The van der Waals surface area contributed by atoms with E-state index in [2.05, 4.69) is 6.58 Å². The van der Waals surface area contributed by atoms with Crippen LogP contribution in [0.2, 0.25) is 0 Å². The van der Waals surface area contributed by atoms with E-state index in [1.54, 1.807) is 7.11 Å². The Morgan fingerprint density at radius 3 is 1.75 bits per heavy atom. The predicted octanol–water partition coefficient (Wildman–Crippen LogP) is 0.810. The minimum Gasteiger partial charge on any atom is -0.456 e. The van der Waals surface area contributed by atoms with Gasteiger partial charge in [0, 0.05) is 6.58 Å². The van der Waals surface area contributed by atoms with Crippen molar-refractivity contribution in [3.63, 3.8) is 0 Å². The molecule has 2 nitrogen and oxygen atoms in total. The fraction of sp³-hybridized carbons (Fsp3) is 0.667. The van der Waals surface area contributed by atoms with E-state index in [1.165, 1.54) is 0 Å². The molecule has 0 aliphatic carbocycles. The Labute approximate surface area is 51.0 Å². The molecule has 0 fully saturated rings. The monoisotopic (exact) mass is 116 g/mol. The van der Waals surface area contributed by atoms with E-state index in [-0.39, 0.29) is 0 Å². The molecule has 0 bridgehead atoms. The van der Waals surface area contributed by atoms with Crippen LogP contribution in [0.4, 0.5) is 0 Å². The van der Waals surface area contributed by atoms with Crippen LogP contribution in [0.15, 0.2) is 12.5 Å². The molecule has 0 radical (unpaired) electrons. The van der Waals surface area contributed by atoms with Gasteiger partial charge in [-0.2, -0.15) is 0 Å². The number of methoxy groups -OCH3 is 1. The molecular weight excluding hydrogens is 102 g/mol. The van der Waals surface area contributed by atoms with Crippen molar-refractivity contribution in [3.8, 4) is 0 Å². The topological polar surface area (TPSA) is 9.23 Å². The molecule has 2 heteroatoms. The summed E-state index contributed by atoms with van der Waals surface area (Å²) in [6, 6.07) is 0. The zero-order valence-corrected chi connectivity index (χ0v) is 6.06. The highest BCUT2D eigenvalue weighted by atomic mass is 16.5. The summed E-state index contributed by atoms with van der Waals surface area (Å²) < 4.78 is 5.56. The van der Waals surface area contributed by atoms with E-state index in [9.17, 15) is 0 Å². The molecule has 0 unspecified atom stereocenters. The Kier molecular flexibility index (Phi) is 2.04. The maximum absolute atomic E-state index is 4.89. The van der Waals surface area contributed by atoms with Gasteiger partial charge in [-0.05, 0) is 0 Å². The summed E-state index contributed by atoms with van der Waals surface area (Å²) in [5.41, 5.74) is 0. The Morgan fingerprint density at radius 1 is 1.38 bits per heavy atom. The predicted molar refractivity (Wildman–Crippen MR) is 34.2 cm³/mol. The van der Waals surface area contributed by atoms with Gasteiger partial charge in [-0.1, -0.05) is 0 Å². The molecule has 8 heavy (non-hydrogen) atoms. The molecule has 48 valence electrons. The lowest BCUT2D eigenvalue weighted by Gasteiger charge is -2.22. The molecule has 0 amide bonds. The van der Waals surface area contributed by atoms with Crippen LogP contribution in [0.25, 0.3) is 0 Å². The first-order valence-corrected chi connectivity index (χ1v) is 2.53. The van der Waals surface area contributed by atoms with E-state index < -0.39 is 0 Å². The SMILES string of the molecule is C=C(OC)[N+](C)(C)C. The van der Waals surface area contributed by atoms with Crippen molar-refractivity contribution in [1.29, 1.82) is 0 Å². The van der Waals surface area contributed by atoms with Crippen LogP contribution in [-0.4, -0.2) is 32.7 Å². The van der Waals surface area contributed by atoms with Crippen molar-refractivity contribution in [2.75, 3.05) is 28.3 Å². The van der Waals surface area contributed by atoms with Gasteiger partial charge in [-0.3, -0.25) is 4.48 Å². The average Bonchev–Trinajstić information content (AvgIpc) is 1.62. The molecule has 0 saturated carbocycles. The highest BCUT2D eigenvalue weighted by Gasteiger charge is 2.11. The highest BCUT2D eigenvalue weighted by Crippen LogP contribution is 2.02. The average molecular weight is 116 g/mol. The summed E-state index contributed by atoms with van der Waals surface area (Å²) in [7, 11) is 7.65. The molecular formula is C6H14NO+. The fourth-order valence-corrected chi connectivity index (χ4v) is 0.274. The maximum atomic E-state index is 4.89. The van der Waals surface area contributed by atoms with E-state index in [0.29, 0.717) is 4.48 Å². The summed E-state index contributed by atoms with van der Waals surface area (Å²) in [5, 5.41) is 0. The van der Waals surface area contributed by atoms with Crippen molar-refractivity contribution in [3.05, 3.63) is 12.5 Å². The third-order valence-electron chi connectivity index (χ3n) is 0.984. The molecule has 0 atom stereocenters. The quantitative estimate of drug-likeness (QED) is 0.383. The molecule has 0 aromatic carbocycles. The summed E-state index contributed by atoms with van der Waals surface area (Å²) in [6.45, 7) is 3.69. The number of hydrogen-bond acceptors (Lipinski definition) is 1. The smallest absolute Gasteiger partial charge is 0.283 e. The van der Waals surface area contributed by atoms with Crippen LogP contribution in [0.1, 0.15) is 0 Å². The highest BCUT2D eigenvalue weighted by molar-refractivity contribution is 4.65. The van der Waals surface area contributed by atoms with E-state index in [1.807, 2.05) is 21.1 Å². The summed E-state index contributed by atoms with van der Waals surface area (Å²) >= 11 is 0. The van der Waals surface area contributed by atoms with Gasteiger partial charge in [0.1, 0.15) is 0 Å². The van der Waals surface area contributed by atoms with Gasteiger partial charge >= 0.3 is 0 Å². The minimum atomic E-state index is 0.663. The first kappa shape index (κ1) is 7.50. The molecule has 0 N–H and O–H groups in total. The normalized spacial score (nSPS) is 11.0. The fourth-order valence-electron chi connectivity index (χ4n) is 0.274. The van der Waals surface area contributed by atoms with Gasteiger partial charge in [0.2, 0.25) is 0 Å². The minimum absolute atomic E-state index is 0.663. The Hall–Kier alpha value is -0.500. The van der Waals surface area contributed by atoms with Gasteiger partial charge < -0.3 is 4.74 Å². The summed E-state index contributed by atoms with van der Waals surface area (Å²) in [4.78, 5) is 0. The molecule has 0 saturated heterocycles. The third-order valence-corrected chi connectivity index (χ3v) is 0.984. The van der Waals surface area contributed by atoms with Crippen molar-refractivity contribution >= 4 is 0 Å². The number of quaternary nitrogens is 1. The first-order valence-electron chi connectivity index (χ1n) is 2.53. The number of hydrogen-bond donors (Lipinski definition) is 0. The lowest BCUT2D eigenvalue weighted by Crippen LogP contribution is -2.33. The molecule has 0 spiro atoms. The zero-order valence-electron chi connectivity index (χ0n) is 6.06. The van der Waals surface area contributed by atoms with Gasteiger partial charge in [-0.15, -0.1) is 0 Å². The van der Waals surface area contributed by atoms with Crippen LogP contribution in [-0.2, 0) is 4.74 Å². The maximum Gasteiger partial charge on any atom is 0.283 e. The van der Waals surface area contributed by atoms with Gasteiger partial charge in [0.25, 0.3) is 5.88 Å². The van der Waals surface area contributed by atoms with Crippen molar-refractivity contribution in [1.82, 2.24) is 0 Å². The van der Waals surface area contributed by atoms with Gasteiger partial charge in [0.05, 0.1) is 28.3 Å². The standard InChI is InChI=1S/C6H14NO/c1-6(8-5)7(2,3)4/h1H2,2-5H3/q+1. The third kappa shape index (κ3) is 1.98.